The van der Waals surface area contributed by atoms with Crippen LogP contribution in [0.2, 0.25) is 0 Å². The number of ether oxygens (including phenoxy) is 2. The minimum Gasteiger partial charge on any atom is -0.493 e. The quantitative estimate of drug-likeness (QED) is 0.802. The van der Waals surface area contributed by atoms with E-state index in [0.29, 0.717) is 5.89 Å². The van der Waals surface area contributed by atoms with Crippen LogP contribution in [0, 0.1) is 0 Å². The van der Waals surface area contributed by atoms with Crippen molar-refractivity contribution in [3.63, 3.8) is 0 Å². The molecule has 2 fully saturated rings. The molecule has 1 aromatic carbocycles. The van der Waals surface area contributed by atoms with Crippen LogP contribution in [0.4, 0.5) is 0 Å². The topological polar surface area (TPSA) is 60.6 Å². The van der Waals surface area contributed by atoms with Gasteiger partial charge in [0.25, 0.3) is 0 Å². The zero-order valence-corrected chi connectivity index (χ0v) is 15.7. The van der Waals surface area contributed by atoms with Gasteiger partial charge in [0.05, 0.1) is 12.6 Å². The van der Waals surface area contributed by atoms with Crippen LogP contribution in [-0.4, -0.2) is 41.4 Å². The Morgan fingerprint density at radius 3 is 2.93 bits per heavy atom. The average Bonchev–Trinajstić information content (AvgIpc) is 3.47. The van der Waals surface area contributed by atoms with Crippen molar-refractivity contribution in [3.8, 4) is 5.75 Å². The van der Waals surface area contributed by atoms with Crippen molar-refractivity contribution in [1.29, 1.82) is 0 Å². The first-order chi connectivity index (χ1) is 13.4. The summed E-state index contributed by atoms with van der Waals surface area (Å²) in [6, 6.07) is 6.87. The Morgan fingerprint density at radius 2 is 2.00 bits per heavy atom. The minimum absolute atomic E-state index is 0.00285. The van der Waals surface area contributed by atoms with Gasteiger partial charge in [-0.05, 0) is 55.8 Å². The van der Waals surface area contributed by atoms with E-state index < -0.39 is 0 Å². The zero-order chi connectivity index (χ0) is 18.1. The molecule has 0 bridgehead atoms. The summed E-state index contributed by atoms with van der Waals surface area (Å²) in [5.74, 6) is 2.48. The van der Waals surface area contributed by atoms with Gasteiger partial charge >= 0.3 is 0 Å². The molecule has 0 aliphatic carbocycles. The molecule has 2 aromatic rings. The third-order valence-corrected chi connectivity index (χ3v) is 6.00. The van der Waals surface area contributed by atoms with Gasteiger partial charge in [0.1, 0.15) is 11.9 Å². The maximum atomic E-state index is 6.04. The minimum atomic E-state index is -0.00285. The number of nitrogens with zero attached hydrogens (tertiary/aromatic N) is 3. The first-order valence-corrected chi connectivity index (χ1v) is 10.3. The summed E-state index contributed by atoms with van der Waals surface area (Å²) in [6.45, 7) is 3.72. The first kappa shape index (κ1) is 17.2. The number of rotatable bonds is 5. The fourth-order valence-corrected chi connectivity index (χ4v) is 4.49. The molecule has 0 N–H and O–H groups in total. The van der Waals surface area contributed by atoms with E-state index in [1.165, 1.54) is 24.0 Å². The molecule has 0 amide bonds. The van der Waals surface area contributed by atoms with Crippen molar-refractivity contribution >= 4 is 0 Å². The lowest BCUT2D eigenvalue weighted by Crippen LogP contribution is -2.35. The number of hydrogen-bond acceptors (Lipinski definition) is 6. The van der Waals surface area contributed by atoms with E-state index in [-0.39, 0.29) is 12.1 Å². The summed E-state index contributed by atoms with van der Waals surface area (Å²) in [5, 5.41) is 8.67. The van der Waals surface area contributed by atoms with Gasteiger partial charge in [0.2, 0.25) is 11.8 Å². The Morgan fingerprint density at radius 1 is 1.04 bits per heavy atom. The molecular weight excluding hydrogens is 342 g/mol. The van der Waals surface area contributed by atoms with Gasteiger partial charge < -0.3 is 13.9 Å². The van der Waals surface area contributed by atoms with E-state index in [0.717, 1.165) is 70.0 Å². The molecule has 6 nitrogen and oxygen atoms in total. The van der Waals surface area contributed by atoms with E-state index in [9.17, 15) is 0 Å². The molecule has 3 aliphatic heterocycles. The smallest absolute Gasteiger partial charge is 0.245 e. The molecule has 1 unspecified atom stereocenters. The SMILES string of the molecule is c1cc2c(cc1CCN1CCCCC1c1nnc([C@H]3CCCO3)o1)CCO2. The van der Waals surface area contributed by atoms with Crippen LogP contribution < -0.4 is 4.74 Å². The predicted molar refractivity (Wildman–Crippen MR) is 99.7 cm³/mol. The average molecular weight is 369 g/mol. The molecule has 2 atom stereocenters. The molecular formula is C21H27N3O3. The summed E-state index contributed by atoms with van der Waals surface area (Å²) < 4.78 is 17.4. The molecule has 5 rings (SSSR count). The molecule has 4 heterocycles. The third kappa shape index (κ3) is 3.60. The maximum Gasteiger partial charge on any atom is 0.245 e. The normalized spacial score (nSPS) is 25.5. The Kier molecular flexibility index (Phi) is 4.84. The van der Waals surface area contributed by atoms with Crippen molar-refractivity contribution in [2.45, 2.75) is 57.1 Å². The maximum absolute atomic E-state index is 6.04. The van der Waals surface area contributed by atoms with Crippen molar-refractivity contribution < 1.29 is 13.9 Å². The highest BCUT2D eigenvalue weighted by molar-refractivity contribution is 5.39. The fraction of sp³-hybridized carbons (Fsp3) is 0.619. The Bertz CT molecular complexity index is 785. The fourth-order valence-electron chi connectivity index (χ4n) is 4.49. The molecule has 6 heteroatoms. The molecule has 0 spiro atoms. The number of fused-ring (bicyclic) bond motifs is 1. The van der Waals surface area contributed by atoms with Crippen LogP contribution in [0.15, 0.2) is 22.6 Å². The van der Waals surface area contributed by atoms with E-state index >= 15 is 0 Å². The number of hydrogen-bond donors (Lipinski definition) is 0. The molecule has 0 saturated carbocycles. The second-order valence-corrected chi connectivity index (χ2v) is 7.82. The highest BCUT2D eigenvalue weighted by atomic mass is 16.5. The van der Waals surface area contributed by atoms with Crippen LogP contribution in [0.25, 0.3) is 0 Å². The van der Waals surface area contributed by atoms with E-state index in [1.807, 2.05) is 0 Å². The van der Waals surface area contributed by atoms with Gasteiger partial charge in [-0.15, -0.1) is 10.2 Å². The number of likely N-dealkylation sites (tertiary alicyclic amines) is 1. The molecule has 3 aliphatic rings. The second-order valence-electron chi connectivity index (χ2n) is 7.82. The molecule has 144 valence electrons. The highest BCUT2D eigenvalue weighted by Crippen LogP contribution is 2.34. The summed E-state index contributed by atoms with van der Waals surface area (Å²) in [5.41, 5.74) is 2.73. The lowest BCUT2D eigenvalue weighted by Gasteiger charge is -2.33. The summed E-state index contributed by atoms with van der Waals surface area (Å²) in [7, 11) is 0. The van der Waals surface area contributed by atoms with Gasteiger partial charge in [-0.1, -0.05) is 18.6 Å². The number of aromatic nitrogens is 2. The second kappa shape index (κ2) is 7.60. The van der Waals surface area contributed by atoms with Crippen LogP contribution in [-0.2, 0) is 17.6 Å². The molecule has 0 radical (unpaired) electrons. The highest BCUT2D eigenvalue weighted by Gasteiger charge is 2.30. The van der Waals surface area contributed by atoms with E-state index in [2.05, 4.69) is 33.3 Å². The molecule has 2 saturated heterocycles. The standard InChI is InChI=1S/C21H27N3O3/c1-2-10-24(11-8-15-6-7-18-16(14-15)9-13-26-18)17(4-1)20-22-23-21(27-20)19-5-3-12-25-19/h6-7,14,17,19H,1-5,8-13H2/t17?,19-/m1/s1. The summed E-state index contributed by atoms with van der Waals surface area (Å²) in [4.78, 5) is 2.51. The Balaban J connectivity index is 1.26. The Hall–Kier alpha value is -1.92. The summed E-state index contributed by atoms with van der Waals surface area (Å²) in [6.07, 6.45) is 7.67. The largest absolute Gasteiger partial charge is 0.493 e. The lowest BCUT2D eigenvalue weighted by molar-refractivity contribution is 0.0810. The van der Waals surface area contributed by atoms with Crippen molar-refractivity contribution in [2.75, 3.05) is 26.3 Å². The third-order valence-electron chi connectivity index (χ3n) is 6.00. The van der Waals surface area contributed by atoms with Gasteiger partial charge in [-0.2, -0.15) is 0 Å². The van der Waals surface area contributed by atoms with E-state index in [1.54, 1.807) is 0 Å². The van der Waals surface area contributed by atoms with Gasteiger partial charge in [0.15, 0.2) is 0 Å². The molecule has 27 heavy (non-hydrogen) atoms. The van der Waals surface area contributed by atoms with Gasteiger partial charge in [-0.3, -0.25) is 4.90 Å². The number of benzene rings is 1. The van der Waals surface area contributed by atoms with Crippen molar-refractivity contribution in [3.05, 3.63) is 41.1 Å². The van der Waals surface area contributed by atoms with Crippen molar-refractivity contribution in [1.82, 2.24) is 15.1 Å². The van der Waals surface area contributed by atoms with Crippen molar-refractivity contribution in [2.24, 2.45) is 0 Å². The predicted octanol–water partition coefficient (Wildman–Crippen LogP) is 3.63. The van der Waals surface area contributed by atoms with Crippen LogP contribution in [0.1, 0.15) is 67.2 Å². The first-order valence-electron chi connectivity index (χ1n) is 10.3. The van der Waals surface area contributed by atoms with E-state index in [4.69, 9.17) is 13.9 Å². The van der Waals surface area contributed by atoms with Gasteiger partial charge in [0, 0.05) is 19.6 Å². The van der Waals surface area contributed by atoms with Crippen LogP contribution in [0.5, 0.6) is 5.75 Å². The van der Waals surface area contributed by atoms with Crippen LogP contribution >= 0.6 is 0 Å². The van der Waals surface area contributed by atoms with Gasteiger partial charge in [-0.25, -0.2) is 0 Å². The lowest BCUT2D eigenvalue weighted by atomic mass is 10.0. The Labute approximate surface area is 159 Å². The monoisotopic (exact) mass is 369 g/mol. The van der Waals surface area contributed by atoms with Crippen LogP contribution in [0.3, 0.4) is 0 Å². The number of piperidine rings is 1. The molecule has 1 aromatic heterocycles. The zero-order valence-electron chi connectivity index (χ0n) is 15.7. The summed E-state index contributed by atoms with van der Waals surface area (Å²) >= 11 is 0.